The topological polar surface area (TPSA) is 15.3 Å². The molecule has 0 aliphatic carbocycles. The van der Waals surface area contributed by atoms with E-state index in [4.69, 9.17) is 0 Å². The minimum atomic E-state index is -0.0420. The van der Waals surface area contributed by atoms with E-state index in [1.54, 1.807) is 6.07 Å². The molecule has 1 heterocycles. The van der Waals surface area contributed by atoms with E-state index < -0.39 is 0 Å². The number of piperazine rings is 1. The van der Waals surface area contributed by atoms with E-state index in [9.17, 15) is 4.39 Å². The van der Waals surface area contributed by atoms with Crippen LogP contribution < -0.4 is 5.32 Å². The first kappa shape index (κ1) is 17.4. The lowest BCUT2D eigenvalue weighted by molar-refractivity contribution is 0.160. The predicted molar refractivity (Wildman–Crippen MR) is 85.1 cm³/mol. The summed E-state index contributed by atoms with van der Waals surface area (Å²) in [6, 6.07) is 5.91. The third kappa shape index (κ3) is 4.44. The van der Waals surface area contributed by atoms with Gasteiger partial charge in [0, 0.05) is 37.8 Å². The average Bonchev–Trinajstić information content (AvgIpc) is 2.42. The van der Waals surface area contributed by atoms with Crippen LogP contribution in [0.2, 0.25) is 0 Å². The number of unbranched alkanes of at least 4 members (excludes halogenated alkanes) is 1. The Labute approximate surface area is 128 Å². The molecule has 1 aliphatic rings. The quantitative estimate of drug-likeness (QED) is 0.892. The van der Waals surface area contributed by atoms with Gasteiger partial charge in [-0.15, -0.1) is 12.4 Å². The van der Waals surface area contributed by atoms with E-state index in [0.717, 1.165) is 56.6 Å². The summed E-state index contributed by atoms with van der Waals surface area (Å²) in [4.78, 5) is 2.43. The van der Waals surface area contributed by atoms with Gasteiger partial charge in [-0.3, -0.25) is 4.90 Å². The highest BCUT2D eigenvalue weighted by atomic mass is 35.5. The van der Waals surface area contributed by atoms with Crippen LogP contribution in [0.3, 0.4) is 0 Å². The molecular formula is C16H26ClFN2. The maximum atomic E-state index is 14.2. The summed E-state index contributed by atoms with van der Waals surface area (Å²) in [7, 11) is 0. The summed E-state index contributed by atoms with van der Waals surface area (Å²) in [5.74, 6) is -0.0420. The standard InChI is InChI=1S/C16H25FN2.ClH/c1-3-4-5-16(19-10-8-18-9-11-19)14-7-6-13(2)12-15(14)17;/h6-7,12,16,18H,3-5,8-11H2,1-2H3;1H/t16-;/m0./s1. The van der Waals surface area contributed by atoms with E-state index >= 15 is 0 Å². The zero-order valence-electron chi connectivity index (χ0n) is 12.5. The summed E-state index contributed by atoms with van der Waals surface area (Å²) in [5, 5.41) is 3.37. The predicted octanol–water partition coefficient (Wildman–Crippen LogP) is 3.69. The van der Waals surface area contributed by atoms with Crippen LogP contribution in [0.25, 0.3) is 0 Å². The number of hydrogen-bond donors (Lipinski definition) is 1. The van der Waals surface area contributed by atoms with Gasteiger partial charge in [-0.1, -0.05) is 31.9 Å². The molecule has 114 valence electrons. The molecule has 0 amide bonds. The molecule has 1 aromatic rings. The van der Waals surface area contributed by atoms with Crippen molar-refractivity contribution in [3.63, 3.8) is 0 Å². The third-order valence-electron chi connectivity index (χ3n) is 3.94. The van der Waals surface area contributed by atoms with Crippen LogP contribution in [0.1, 0.15) is 43.4 Å². The number of benzene rings is 1. The molecule has 4 heteroatoms. The van der Waals surface area contributed by atoms with Crippen molar-refractivity contribution in [1.29, 1.82) is 0 Å². The molecule has 0 saturated carbocycles. The van der Waals surface area contributed by atoms with Crippen molar-refractivity contribution in [2.45, 2.75) is 39.2 Å². The molecule has 1 atom stereocenters. The maximum absolute atomic E-state index is 14.2. The Morgan fingerprint density at radius 1 is 1.30 bits per heavy atom. The Balaban J connectivity index is 0.00000200. The minimum Gasteiger partial charge on any atom is -0.314 e. The van der Waals surface area contributed by atoms with Gasteiger partial charge >= 0.3 is 0 Å². The monoisotopic (exact) mass is 300 g/mol. The fourth-order valence-corrected chi connectivity index (χ4v) is 2.83. The first-order chi connectivity index (χ1) is 9.22. The molecule has 1 aromatic carbocycles. The summed E-state index contributed by atoms with van der Waals surface area (Å²) in [5.41, 5.74) is 1.87. The number of nitrogens with zero attached hydrogens (tertiary/aromatic N) is 1. The van der Waals surface area contributed by atoms with Gasteiger partial charge in [0.05, 0.1) is 0 Å². The van der Waals surface area contributed by atoms with Gasteiger partial charge < -0.3 is 5.32 Å². The summed E-state index contributed by atoms with van der Waals surface area (Å²) < 4.78 is 14.2. The first-order valence-electron chi connectivity index (χ1n) is 7.43. The van der Waals surface area contributed by atoms with Crippen LogP contribution in [-0.2, 0) is 0 Å². The van der Waals surface area contributed by atoms with Crippen molar-refractivity contribution in [1.82, 2.24) is 10.2 Å². The smallest absolute Gasteiger partial charge is 0.128 e. The zero-order valence-corrected chi connectivity index (χ0v) is 13.3. The molecule has 1 saturated heterocycles. The molecule has 0 bridgehead atoms. The zero-order chi connectivity index (χ0) is 13.7. The van der Waals surface area contributed by atoms with Crippen molar-refractivity contribution >= 4 is 12.4 Å². The second-order valence-electron chi connectivity index (χ2n) is 5.47. The van der Waals surface area contributed by atoms with Crippen LogP contribution in [0.4, 0.5) is 4.39 Å². The molecule has 1 N–H and O–H groups in total. The number of hydrogen-bond acceptors (Lipinski definition) is 2. The lowest BCUT2D eigenvalue weighted by Crippen LogP contribution is -2.45. The van der Waals surface area contributed by atoms with Gasteiger partial charge in [0.25, 0.3) is 0 Å². The molecule has 0 spiro atoms. The molecule has 1 aliphatic heterocycles. The number of aryl methyl sites for hydroxylation is 1. The van der Waals surface area contributed by atoms with Crippen molar-refractivity contribution < 1.29 is 4.39 Å². The van der Waals surface area contributed by atoms with E-state index in [0.29, 0.717) is 0 Å². The largest absolute Gasteiger partial charge is 0.314 e. The lowest BCUT2D eigenvalue weighted by atomic mass is 9.97. The third-order valence-corrected chi connectivity index (χ3v) is 3.94. The fourth-order valence-electron chi connectivity index (χ4n) is 2.83. The summed E-state index contributed by atoms with van der Waals surface area (Å²) in [6.45, 7) is 8.19. The molecule has 2 nitrogen and oxygen atoms in total. The number of nitrogens with one attached hydrogen (secondary N) is 1. The Hall–Kier alpha value is -0.640. The Bertz CT molecular complexity index is 405. The van der Waals surface area contributed by atoms with Crippen molar-refractivity contribution in [2.75, 3.05) is 26.2 Å². The van der Waals surface area contributed by atoms with E-state index in [1.807, 2.05) is 19.1 Å². The van der Waals surface area contributed by atoms with Gasteiger partial charge in [0.1, 0.15) is 5.82 Å². The van der Waals surface area contributed by atoms with Gasteiger partial charge in [-0.25, -0.2) is 4.39 Å². The van der Waals surface area contributed by atoms with Gasteiger partial charge in [-0.05, 0) is 25.0 Å². The van der Waals surface area contributed by atoms with Crippen LogP contribution in [0.15, 0.2) is 18.2 Å². The van der Waals surface area contributed by atoms with Crippen LogP contribution in [-0.4, -0.2) is 31.1 Å². The first-order valence-corrected chi connectivity index (χ1v) is 7.43. The van der Waals surface area contributed by atoms with Crippen LogP contribution in [0.5, 0.6) is 0 Å². The van der Waals surface area contributed by atoms with Crippen molar-refractivity contribution in [2.24, 2.45) is 0 Å². The summed E-state index contributed by atoms with van der Waals surface area (Å²) >= 11 is 0. The highest BCUT2D eigenvalue weighted by molar-refractivity contribution is 5.85. The van der Waals surface area contributed by atoms with E-state index in [2.05, 4.69) is 17.1 Å². The highest BCUT2D eigenvalue weighted by Crippen LogP contribution is 2.29. The molecule has 0 aromatic heterocycles. The highest BCUT2D eigenvalue weighted by Gasteiger charge is 2.23. The van der Waals surface area contributed by atoms with E-state index in [-0.39, 0.29) is 24.3 Å². The molecule has 0 unspecified atom stereocenters. The molecular weight excluding hydrogens is 275 g/mol. The van der Waals surface area contributed by atoms with Gasteiger partial charge in [0.2, 0.25) is 0 Å². The molecule has 2 rings (SSSR count). The van der Waals surface area contributed by atoms with E-state index in [1.165, 1.54) is 0 Å². The second kappa shape index (κ2) is 8.60. The Morgan fingerprint density at radius 2 is 2.00 bits per heavy atom. The fraction of sp³-hybridized carbons (Fsp3) is 0.625. The molecule has 0 radical (unpaired) electrons. The van der Waals surface area contributed by atoms with Crippen LogP contribution >= 0.6 is 12.4 Å². The normalized spacial score (nSPS) is 17.6. The van der Waals surface area contributed by atoms with Crippen LogP contribution in [0, 0.1) is 12.7 Å². The Kier molecular flexibility index (Phi) is 7.49. The van der Waals surface area contributed by atoms with Gasteiger partial charge in [-0.2, -0.15) is 0 Å². The number of rotatable bonds is 5. The molecule has 1 fully saturated rings. The van der Waals surface area contributed by atoms with Crippen molar-refractivity contribution in [3.05, 3.63) is 35.1 Å². The SMILES string of the molecule is CCCC[C@@H](c1ccc(C)cc1F)N1CCNCC1.Cl. The number of halogens is 2. The minimum absolute atomic E-state index is 0. The Morgan fingerprint density at radius 3 is 2.60 bits per heavy atom. The summed E-state index contributed by atoms with van der Waals surface area (Å²) in [6.07, 6.45) is 3.37. The van der Waals surface area contributed by atoms with Crippen molar-refractivity contribution in [3.8, 4) is 0 Å². The maximum Gasteiger partial charge on any atom is 0.128 e. The molecule has 20 heavy (non-hydrogen) atoms. The van der Waals surface area contributed by atoms with Gasteiger partial charge in [0.15, 0.2) is 0 Å². The lowest BCUT2D eigenvalue weighted by Gasteiger charge is -2.35. The second-order valence-corrected chi connectivity index (χ2v) is 5.47. The average molecular weight is 301 g/mol.